The third kappa shape index (κ3) is 4.14. The van der Waals surface area contributed by atoms with Crippen molar-refractivity contribution in [2.75, 3.05) is 19.8 Å². The van der Waals surface area contributed by atoms with Crippen LogP contribution in [0.3, 0.4) is 0 Å². The standard InChI is InChI=1S/C22H27NO4/c24-20-7-6-18(16-4-2-1-3-5-16)19(20)14-21(25)23-17-8-11-27-22(15-17)9-12-26-13-10-22/h1-5,17H,6-15H2,(H,23,25). The Hall–Kier alpha value is -1.98. The highest BCUT2D eigenvalue weighted by atomic mass is 16.5. The Kier molecular flexibility index (Phi) is 5.41. The van der Waals surface area contributed by atoms with Crippen LogP contribution >= 0.6 is 0 Å². The number of amides is 1. The van der Waals surface area contributed by atoms with Crippen molar-refractivity contribution in [1.82, 2.24) is 5.32 Å². The van der Waals surface area contributed by atoms with Crippen molar-refractivity contribution in [2.45, 2.75) is 56.6 Å². The summed E-state index contributed by atoms with van der Waals surface area (Å²) >= 11 is 0. The maximum Gasteiger partial charge on any atom is 0.224 e. The van der Waals surface area contributed by atoms with Crippen LogP contribution in [0, 0.1) is 0 Å². The maximum absolute atomic E-state index is 12.7. The summed E-state index contributed by atoms with van der Waals surface area (Å²) in [4.78, 5) is 25.1. The Balaban J connectivity index is 1.42. The third-order valence-electron chi connectivity index (χ3n) is 6.02. The summed E-state index contributed by atoms with van der Waals surface area (Å²) in [5, 5.41) is 3.16. The van der Waals surface area contributed by atoms with E-state index < -0.39 is 0 Å². The molecule has 27 heavy (non-hydrogen) atoms. The number of Topliss-reactive ketones (excluding diaryl/α,β-unsaturated/α-hetero) is 1. The molecule has 144 valence electrons. The van der Waals surface area contributed by atoms with Gasteiger partial charge in [0.05, 0.1) is 12.0 Å². The molecule has 1 N–H and O–H groups in total. The molecular weight excluding hydrogens is 342 g/mol. The van der Waals surface area contributed by atoms with Crippen molar-refractivity contribution < 1.29 is 19.1 Å². The summed E-state index contributed by atoms with van der Waals surface area (Å²) < 4.78 is 11.5. The molecule has 5 heteroatoms. The van der Waals surface area contributed by atoms with E-state index in [-0.39, 0.29) is 29.8 Å². The molecule has 1 aromatic carbocycles. The summed E-state index contributed by atoms with van der Waals surface area (Å²) in [7, 11) is 0. The first-order valence-corrected chi connectivity index (χ1v) is 9.97. The minimum atomic E-state index is -0.147. The summed E-state index contributed by atoms with van der Waals surface area (Å²) in [6.45, 7) is 2.12. The van der Waals surface area contributed by atoms with Gasteiger partial charge in [-0.3, -0.25) is 9.59 Å². The number of benzene rings is 1. The molecule has 5 nitrogen and oxygen atoms in total. The van der Waals surface area contributed by atoms with Gasteiger partial charge < -0.3 is 14.8 Å². The van der Waals surface area contributed by atoms with Crippen LogP contribution in [-0.2, 0) is 19.1 Å². The minimum Gasteiger partial charge on any atom is -0.381 e. The van der Waals surface area contributed by atoms with Gasteiger partial charge in [0.2, 0.25) is 5.91 Å². The van der Waals surface area contributed by atoms with Gasteiger partial charge >= 0.3 is 0 Å². The van der Waals surface area contributed by atoms with Crippen molar-refractivity contribution in [2.24, 2.45) is 0 Å². The molecule has 1 amide bonds. The predicted octanol–water partition coefficient (Wildman–Crippen LogP) is 3.04. The van der Waals surface area contributed by atoms with E-state index in [9.17, 15) is 9.59 Å². The summed E-state index contributed by atoms with van der Waals surface area (Å²) in [6, 6.07) is 10.0. The van der Waals surface area contributed by atoms with Gasteiger partial charge in [0, 0.05) is 37.9 Å². The highest BCUT2D eigenvalue weighted by molar-refractivity contribution is 6.10. The Labute approximate surface area is 160 Å². The summed E-state index contributed by atoms with van der Waals surface area (Å²) in [5.41, 5.74) is 2.63. The second-order valence-corrected chi connectivity index (χ2v) is 7.82. The fourth-order valence-corrected chi connectivity index (χ4v) is 4.55. The zero-order valence-electron chi connectivity index (χ0n) is 15.7. The lowest BCUT2D eigenvalue weighted by molar-refractivity contribution is -0.144. The number of carbonyl (C=O) groups is 2. The normalized spacial score (nSPS) is 25.0. The first-order valence-electron chi connectivity index (χ1n) is 9.97. The zero-order chi connectivity index (χ0) is 18.7. The largest absolute Gasteiger partial charge is 0.381 e. The van der Waals surface area contributed by atoms with Crippen molar-refractivity contribution in [3.8, 4) is 0 Å². The number of rotatable bonds is 4. The van der Waals surface area contributed by atoms with E-state index in [0.29, 0.717) is 18.6 Å². The number of carbonyl (C=O) groups excluding carboxylic acids is 2. The Morgan fingerprint density at radius 2 is 1.89 bits per heavy atom. The number of ketones is 1. The van der Waals surface area contributed by atoms with Gasteiger partial charge in [0.15, 0.2) is 5.78 Å². The van der Waals surface area contributed by atoms with Crippen molar-refractivity contribution in [3.05, 3.63) is 41.5 Å². The molecule has 1 aromatic rings. The van der Waals surface area contributed by atoms with Crippen LogP contribution in [0.25, 0.3) is 5.57 Å². The van der Waals surface area contributed by atoms with Gasteiger partial charge in [-0.1, -0.05) is 30.3 Å². The van der Waals surface area contributed by atoms with Crippen molar-refractivity contribution in [3.63, 3.8) is 0 Å². The van der Waals surface area contributed by atoms with E-state index in [2.05, 4.69) is 5.32 Å². The Bertz CT molecular complexity index is 728. The fourth-order valence-electron chi connectivity index (χ4n) is 4.55. The quantitative estimate of drug-likeness (QED) is 0.886. The number of hydrogen-bond donors (Lipinski definition) is 1. The lowest BCUT2D eigenvalue weighted by Gasteiger charge is -2.43. The minimum absolute atomic E-state index is 0.0530. The number of ether oxygens (including phenoxy) is 2. The first-order chi connectivity index (χ1) is 13.2. The molecule has 4 rings (SSSR count). The molecule has 3 aliphatic rings. The van der Waals surface area contributed by atoms with E-state index in [1.807, 2.05) is 30.3 Å². The summed E-state index contributed by atoms with van der Waals surface area (Å²) in [6.07, 6.45) is 4.85. The second kappa shape index (κ2) is 7.95. The topological polar surface area (TPSA) is 64.6 Å². The molecule has 2 fully saturated rings. The molecule has 2 saturated heterocycles. The van der Waals surface area contributed by atoms with E-state index in [0.717, 1.165) is 56.5 Å². The predicted molar refractivity (Wildman–Crippen MR) is 102 cm³/mol. The van der Waals surface area contributed by atoms with Gasteiger partial charge in [-0.2, -0.15) is 0 Å². The first kappa shape index (κ1) is 18.4. The molecular formula is C22H27NO4. The van der Waals surface area contributed by atoms with Gasteiger partial charge in [0.25, 0.3) is 0 Å². The molecule has 0 radical (unpaired) electrons. The Morgan fingerprint density at radius 1 is 1.11 bits per heavy atom. The number of nitrogens with one attached hydrogen (secondary N) is 1. The number of allylic oxidation sites excluding steroid dienone is 1. The lowest BCUT2D eigenvalue weighted by Crippen LogP contribution is -2.51. The van der Waals surface area contributed by atoms with Gasteiger partial charge in [-0.25, -0.2) is 0 Å². The van der Waals surface area contributed by atoms with Crippen LogP contribution in [0.2, 0.25) is 0 Å². The summed E-state index contributed by atoms with van der Waals surface area (Å²) in [5.74, 6) is 0.0553. The molecule has 0 saturated carbocycles. The van der Waals surface area contributed by atoms with Crippen LogP contribution < -0.4 is 5.32 Å². The monoisotopic (exact) mass is 369 g/mol. The molecule has 0 bridgehead atoms. The average Bonchev–Trinajstić information content (AvgIpc) is 3.03. The molecule has 1 atom stereocenters. The van der Waals surface area contributed by atoms with Crippen molar-refractivity contribution in [1.29, 1.82) is 0 Å². The maximum atomic E-state index is 12.7. The van der Waals surface area contributed by atoms with Gasteiger partial charge in [-0.05, 0) is 43.2 Å². The van der Waals surface area contributed by atoms with Crippen molar-refractivity contribution >= 4 is 17.3 Å². The Morgan fingerprint density at radius 3 is 2.67 bits per heavy atom. The van der Waals surface area contributed by atoms with Crippen LogP contribution in [0.15, 0.2) is 35.9 Å². The smallest absolute Gasteiger partial charge is 0.224 e. The average molecular weight is 369 g/mol. The highest BCUT2D eigenvalue weighted by Gasteiger charge is 2.39. The van der Waals surface area contributed by atoms with E-state index in [1.54, 1.807) is 0 Å². The van der Waals surface area contributed by atoms with Crippen LogP contribution in [0.5, 0.6) is 0 Å². The fraction of sp³-hybridized carbons (Fsp3) is 0.545. The molecule has 1 spiro atoms. The van der Waals surface area contributed by atoms with E-state index in [4.69, 9.17) is 9.47 Å². The van der Waals surface area contributed by atoms with Gasteiger partial charge in [-0.15, -0.1) is 0 Å². The second-order valence-electron chi connectivity index (χ2n) is 7.82. The SMILES string of the molecule is O=C(CC1=C(c2ccccc2)CCC1=O)NC1CCOC2(CCOCC2)C1. The van der Waals surface area contributed by atoms with Crippen LogP contribution in [-0.4, -0.2) is 43.2 Å². The number of hydrogen-bond acceptors (Lipinski definition) is 4. The van der Waals surface area contributed by atoms with E-state index in [1.165, 1.54) is 0 Å². The van der Waals surface area contributed by atoms with Crippen LogP contribution in [0.1, 0.15) is 50.5 Å². The van der Waals surface area contributed by atoms with Crippen LogP contribution in [0.4, 0.5) is 0 Å². The third-order valence-corrected chi connectivity index (χ3v) is 6.02. The lowest BCUT2D eigenvalue weighted by atomic mass is 9.84. The molecule has 1 unspecified atom stereocenters. The zero-order valence-corrected chi connectivity index (χ0v) is 15.7. The molecule has 1 aliphatic carbocycles. The molecule has 2 aliphatic heterocycles. The molecule has 2 heterocycles. The van der Waals surface area contributed by atoms with E-state index >= 15 is 0 Å². The highest BCUT2D eigenvalue weighted by Crippen LogP contribution is 2.35. The molecule has 0 aromatic heterocycles. The van der Waals surface area contributed by atoms with Gasteiger partial charge in [0.1, 0.15) is 0 Å².